The van der Waals surface area contributed by atoms with Crippen LogP contribution in [0.4, 0.5) is 5.69 Å². The minimum Gasteiger partial charge on any atom is -0.497 e. The highest BCUT2D eigenvalue weighted by molar-refractivity contribution is 5.91. The summed E-state index contributed by atoms with van der Waals surface area (Å²) < 4.78 is 6.97. The number of nitrogens with zero attached hydrogens (tertiary/aromatic N) is 2. The number of carbonyl (C=O) groups is 2. The molecule has 2 aliphatic rings. The second-order valence-electron chi connectivity index (χ2n) is 8.13. The molecular weight excluding hydrogens is 382 g/mol. The molecule has 0 aliphatic carbocycles. The number of rotatable bonds is 6. The quantitative estimate of drug-likeness (QED) is 0.795. The van der Waals surface area contributed by atoms with Crippen LogP contribution in [0.2, 0.25) is 0 Å². The van der Waals surface area contributed by atoms with Gasteiger partial charge in [0.25, 0.3) is 5.56 Å². The molecule has 4 rings (SSSR count). The zero-order valence-corrected chi connectivity index (χ0v) is 17.2. The predicted octanol–water partition coefficient (Wildman–Crippen LogP) is 2.61. The van der Waals surface area contributed by atoms with Crippen LogP contribution >= 0.6 is 0 Å². The van der Waals surface area contributed by atoms with Gasteiger partial charge in [-0.05, 0) is 49.1 Å². The van der Waals surface area contributed by atoms with Crippen LogP contribution in [0, 0.1) is 5.92 Å². The highest BCUT2D eigenvalue weighted by Gasteiger charge is 2.35. The summed E-state index contributed by atoms with van der Waals surface area (Å²) in [5, 5.41) is 2.84. The molecule has 158 valence electrons. The molecule has 3 heterocycles. The highest BCUT2D eigenvalue weighted by atomic mass is 16.5. The average molecular weight is 409 g/mol. The maximum absolute atomic E-state index is 12.7. The van der Waals surface area contributed by atoms with Crippen LogP contribution in [0.1, 0.15) is 37.3 Å². The third-order valence-corrected chi connectivity index (χ3v) is 6.00. The van der Waals surface area contributed by atoms with E-state index in [-0.39, 0.29) is 23.3 Å². The molecule has 2 bridgehead atoms. The number of hydrogen-bond donors (Lipinski definition) is 1. The van der Waals surface area contributed by atoms with Crippen molar-refractivity contribution in [2.75, 3.05) is 25.5 Å². The van der Waals surface area contributed by atoms with E-state index in [9.17, 15) is 14.4 Å². The summed E-state index contributed by atoms with van der Waals surface area (Å²) in [6, 6.07) is 12.6. The van der Waals surface area contributed by atoms with E-state index in [0.29, 0.717) is 50.5 Å². The minimum atomic E-state index is -0.100. The van der Waals surface area contributed by atoms with Gasteiger partial charge in [-0.1, -0.05) is 6.07 Å². The first-order valence-electron chi connectivity index (χ1n) is 10.4. The molecule has 1 aromatic carbocycles. The second-order valence-corrected chi connectivity index (χ2v) is 8.13. The van der Waals surface area contributed by atoms with Crippen LogP contribution < -0.4 is 15.6 Å². The molecule has 7 heteroatoms. The van der Waals surface area contributed by atoms with Crippen molar-refractivity contribution < 1.29 is 14.3 Å². The standard InChI is InChI=1S/C23H27N3O4/c1-30-19-10-8-18(9-11-19)24-21(27)5-3-6-22(28)25-13-16-12-17(15-25)20-4-2-7-23(29)26(20)14-16/h2,4,7-11,16-17H,3,5-6,12-15H2,1H3,(H,24,27)/t16?,17-/m0/s1. The molecule has 30 heavy (non-hydrogen) atoms. The van der Waals surface area contributed by atoms with E-state index in [1.165, 1.54) is 0 Å². The Hall–Kier alpha value is -3.09. The lowest BCUT2D eigenvalue weighted by atomic mass is 9.83. The topological polar surface area (TPSA) is 80.6 Å². The third-order valence-electron chi connectivity index (χ3n) is 6.00. The number of amides is 2. The van der Waals surface area contributed by atoms with Crippen molar-refractivity contribution >= 4 is 17.5 Å². The van der Waals surface area contributed by atoms with Crippen molar-refractivity contribution in [3.8, 4) is 5.75 Å². The van der Waals surface area contributed by atoms with Crippen molar-refractivity contribution in [3.63, 3.8) is 0 Å². The number of nitrogens with one attached hydrogen (secondary N) is 1. The Morgan fingerprint density at radius 2 is 1.87 bits per heavy atom. The van der Waals surface area contributed by atoms with Gasteiger partial charge >= 0.3 is 0 Å². The van der Waals surface area contributed by atoms with Crippen LogP contribution in [-0.2, 0) is 16.1 Å². The molecule has 1 N–H and O–H groups in total. The summed E-state index contributed by atoms with van der Waals surface area (Å²) >= 11 is 0. The lowest BCUT2D eigenvalue weighted by Crippen LogP contribution is -2.49. The molecule has 2 aromatic rings. The summed E-state index contributed by atoms with van der Waals surface area (Å²) in [4.78, 5) is 38.9. The van der Waals surface area contributed by atoms with Crippen molar-refractivity contribution in [2.24, 2.45) is 5.92 Å². The number of piperidine rings is 1. The summed E-state index contributed by atoms with van der Waals surface area (Å²) in [6.07, 6.45) is 2.20. The summed E-state index contributed by atoms with van der Waals surface area (Å²) in [6.45, 7) is 2.02. The number of hydrogen-bond acceptors (Lipinski definition) is 4. The molecular formula is C23H27N3O4. The van der Waals surface area contributed by atoms with Crippen LogP contribution in [-0.4, -0.2) is 41.5 Å². The number of carbonyl (C=O) groups excluding carboxylic acids is 2. The Labute approximate surface area is 175 Å². The Balaban J connectivity index is 1.27. The zero-order chi connectivity index (χ0) is 21.1. The first kappa shape index (κ1) is 20.2. The predicted molar refractivity (Wildman–Crippen MR) is 114 cm³/mol. The fourth-order valence-electron chi connectivity index (χ4n) is 4.56. The normalized spacial score (nSPS) is 19.7. The van der Waals surface area contributed by atoms with Gasteiger partial charge in [-0.25, -0.2) is 0 Å². The third kappa shape index (κ3) is 4.40. The van der Waals surface area contributed by atoms with Crippen molar-refractivity contribution in [3.05, 3.63) is 58.5 Å². The maximum Gasteiger partial charge on any atom is 0.250 e. The van der Waals surface area contributed by atoms with Crippen LogP contribution in [0.5, 0.6) is 5.75 Å². The fourth-order valence-corrected chi connectivity index (χ4v) is 4.56. The molecule has 1 aromatic heterocycles. The molecule has 1 unspecified atom stereocenters. The van der Waals surface area contributed by atoms with Crippen LogP contribution in [0.3, 0.4) is 0 Å². The van der Waals surface area contributed by atoms with E-state index in [1.54, 1.807) is 43.5 Å². The van der Waals surface area contributed by atoms with Crippen molar-refractivity contribution in [1.82, 2.24) is 9.47 Å². The number of fused-ring (bicyclic) bond motifs is 4. The molecule has 2 amide bonds. The van der Waals surface area contributed by atoms with Gasteiger partial charge in [0.15, 0.2) is 0 Å². The number of benzene rings is 1. The molecule has 0 spiro atoms. The number of ether oxygens (including phenoxy) is 1. The molecule has 1 fully saturated rings. The largest absolute Gasteiger partial charge is 0.497 e. The van der Waals surface area contributed by atoms with E-state index >= 15 is 0 Å². The lowest BCUT2D eigenvalue weighted by molar-refractivity contribution is -0.134. The lowest BCUT2D eigenvalue weighted by Gasteiger charge is -2.42. The van der Waals surface area contributed by atoms with Gasteiger partial charge in [0.05, 0.1) is 7.11 Å². The number of likely N-dealkylation sites (tertiary alicyclic amines) is 1. The van der Waals surface area contributed by atoms with Gasteiger partial charge in [-0.15, -0.1) is 0 Å². The fraction of sp³-hybridized carbons (Fsp3) is 0.435. The molecule has 0 saturated carbocycles. The van der Waals surface area contributed by atoms with Crippen LogP contribution in [0.25, 0.3) is 0 Å². The summed E-state index contributed by atoms with van der Waals surface area (Å²) in [5.41, 5.74) is 1.80. The molecule has 2 aliphatic heterocycles. The van der Waals surface area contributed by atoms with Gasteiger partial charge in [-0.2, -0.15) is 0 Å². The van der Waals surface area contributed by atoms with E-state index in [0.717, 1.165) is 17.9 Å². The van der Waals surface area contributed by atoms with Gasteiger partial charge < -0.3 is 19.5 Å². The van der Waals surface area contributed by atoms with Crippen LogP contribution in [0.15, 0.2) is 47.3 Å². The smallest absolute Gasteiger partial charge is 0.250 e. The molecule has 0 radical (unpaired) electrons. The number of anilines is 1. The Morgan fingerprint density at radius 3 is 2.63 bits per heavy atom. The first-order chi connectivity index (χ1) is 14.5. The molecule has 1 saturated heterocycles. The number of aromatic nitrogens is 1. The van der Waals surface area contributed by atoms with E-state index < -0.39 is 0 Å². The van der Waals surface area contributed by atoms with E-state index in [1.807, 2.05) is 15.5 Å². The van der Waals surface area contributed by atoms with E-state index in [2.05, 4.69) is 5.32 Å². The van der Waals surface area contributed by atoms with E-state index in [4.69, 9.17) is 4.74 Å². The first-order valence-corrected chi connectivity index (χ1v) is 10.4. The van der Waals surface area contributed by atoms with Crippen molar-refractivity contribution in [2.45, 2.75) is 38.1 Å². The Morgan fingerprint density at radius 1 is 1.07 bits per heavy atom. The number of pyridine rings is 1. The SMILES string of the molecule is COc1ccc(NC(=O)CCCC(=O)N2CC3C[C@@H](C2)c2cccc(=O)n2C3)cc1. The number of methoxy groups -OCH3 is 1. The molecule has 2 atom stereocenters. The molecule has 7 nitrogen and oxygen atoms in total. The summed E-state index contributed by atoms with van der Waals surface area (Å²) in [7, 11) is 1.60. The zero-order valence-electron chi connectivity index (χ0n) is 17.2. The Kier molecular flexibility index (Phi) is 5.88. The monoisotopic (exact) mass is 409 g/mol. The van der Waals surface area contributed by atoms with Gasteiger partial charge in [0, 0.05) is 55.8 Å². The minimum absolute atomic E-state index is 0.0462. The second kappa shape index (κ2) is 8.73. The average Bonchev–Trinajstić information content (AvgIpc) is 2.75. The van der Waals surface area contributed by atoms with Crippen molar-refractivity contribution in [1.29, 1.82) is 0 Å². The highest BCUT2D eigenvalue weighted by Crippen LogP contribution is 2.35. The maximum atomic E-state index is 12.7. The van der Waals surface area contributed by atoms with Gasteiger partial charge in [0.2, 0.25) is 11.8 Å². The van der Waals surface area contributed by atoms with Gasteiger partial charge in [0.1, 0.15) is 5.75 Å². The Bertz CT molecular complexity index is 983. The van der Waals surface area contributed by atoms with Gasteiger partial charge in [-0.3, -0.25) is 14.4 Å². The summed E-state index contributed by atoms with van der Waals surface area (Å²) in [5.74, 6) is 1.26.